The van der Waals surface area contributed by atoms with Gasteiger partial charge in [-0.3, -0.25) is 4.79 Å². The van der Waals surface area contributed by atoms with Gasteiger partial charge in [0.25, 0.3) is 5.56 Å². The third-order valence-electron chi connectivity index (χ3n) is 3.42. The lowest BCUT2D eigenvalue weighted by molar-refractivity contribution is 0.196. The van der Waals surface area contributed by atoms with Gasteiger partial charge in [0, 0.05) is 28.9 Å². The molecular formula is C14H13N3O5S. The Kier molecular flexibility index (Phi) is 3.37. The van der Waals surface area contributed by atoms with Gasteiger partial charge < -0.3 is 15.4 Å². The highest BCUT2D eigenvalue weighted by atomic mass is 32.2. The summed E-state index contributed by atoms with van der Waals surface area (Å²) >= 11 is 0. The van der Waals surface area contributed by atoms with E-state index in [1.54, 1.807) is 18.3 Å². The van der Waals surface area contributed by atoms with Crippen LogP contribution in [0.2, 0.25) is 0 Å². The van der Waals surface area contributed by atoms with Crippen molar-refractivity contribution in [2.24, 2.45) is 0 Å². The average Bonchev–Trinajstić information content (AvgIpc) is 2.94. The summed E-state index contributed by atoms with van der Waals surface area (Å²) in [4.78, 5) is 26.4. The molecule has 9 heteroatoms. The van der Waals surface area contributed by atoms with Crippen molar-refractivity contribution in [3.8, 4) is 0 Å². The van der Waals surface area contributed by atoms with Gasteiger partial charge in [0.15, 0.2) is 9.84 Å². The molecule has 120 valence electrons. The fourth-order valence-electron chi connectivity index (χ4n) is 2.45. The van der Waals surface area contributed by atoms with E-state index in [0.29, 0.717) is 21.0 Å². The minimum absolute atomic E-state index is 0.181. The Morgan fingerprint density at radius 3 is 2.70 bits per heavy atom. The highest BCUT2D eigenvalue weighted by Gasteiger charge is 2.16. The highest BCUT2D eigenvalue weighted by Crippen LogP contribution is 2.25. The number of nitrogens with zero attached hydrogens (tertiary/aromatic N) is 1. The molecule has 0 saturated heterocycles. The minimum Gasteiger partial charge on any atom is -0.464 e. The topological polar surface area (TPSA) is 121 Å². The van der Waals surface area contributed by atoms with Crippen molar-refractivity contribution in [3.05, 3.63) is 40.8 Å². The van der Waals surface area contributed by atoms with Crippen LogP contribution in [-0.2, 0) is 9.84 Å². The number of carbonyl (C=O) groups is 1. The van der Waals surface area contributed by atoms with Crippen molar-refractivity contribution in [3.63, 3.8) is 0 Å². The first-order valence-corrected chi connectivity index (χ1v) is 8.65. The van der Waals surface area contributed by atoms with Crippen molar-refractivity contribution in [1.29, 1.82) is 0 Å². The minimum atomic E-state index is -3.20. The number of sulfone groups is 1. The van der Waals surface area contributed by atoms with Crippen molar-refractivity contribution in [2.75, 3.05) is 17.4 Å². The van der Waals surface area contributed by atoms with Crippen molar-refractivity contribution < 1.29 is 18.3 Å². The second kappa shape index (κ2) is 5.13. The molecule has 0 radical (unpaired) electrons. The first-order valence-electron chi connectivity index (χ1n) is 6.59. The first kappa shape index (κ1) is 15.1. The zero-order valence-electron chi connectivity index (χ0n) is 12.0. The maximum Gasteiger partial charge on any atom is 0.419 e. The zero-order valence-corrected chi connectivity index (χ0v) is 12.8. The third-order valence-corrected chi connectivity index (χ3v) is 4.09. The molecule has 0 spiro atoms. The smallest absolute Gasteiger partial charge is 0.419 e. The lowest BCUT2D eigenvalue weighted by Gasteiger charge is -2.10. The normalized spacial score (nSPS) is 11.9. The number of anilines is 1. The number of hydrogen-bond donors (Lipinski definition) is 3. The van der Waals surface area contributed by atoms with Crippen LogP contribution in [0.3, 0.4) is 0 Å². The summed E-state index contributed by atoms with van der Waals surface area (Å²) in [5.41, 5.74) is 0.280. The van der Waals surface area contributed by atoms with E-state index < -0.39 is 21.5 Å². The van der Waals surface area contributed by atoms with Gasteiger partial charge in [-0.15, -0.1) is 0 Å². The fraction of sp³-hybridized carbons (Fsp3) is 0.143. The predicted molar refractivity (Wildman–Crippen MR) is 86.8 cm³/mol. The first-order chi connectivity index (χ1) is 10.8. The van der Waals surface area contributed by atoms with Gasteiger partial charge in [-0.25, -0.2) is 17.8 Å². The molecule has 0 bridgehead atoms. The molecule has 0 aliphatic rings. The number of carboxylic acid groups (broad SMARTS) is 1. The second-order valence-electron chi connectivity index (χ2n) is 5.17. The predicted octanol–water partition coefficient (Wildman–Crippen LogP) is 1.42. The molecule has 3 N–H and O–H groups in total. The summed E-state index contributed by atoms with van der Waals surface area (Å²) in [6, 6.07) is 6.30. The third kappa shape index (κ3) is 2.66. The van der Waals surface area contributed by atoms with Gasteiger partial charge in [-0.2, -0.15) is 0 Å². The van der Waals surface area contributed by atoms with E-state index in [4.69, 9.17) is 0 Å². The van der Waals surface area contributed by atoms with E-state index in [-0.39, 0.29) is 16.9 Å². The molecule has 0 amide bonds. The molecule has 3 aromatic rings. The standard InChI is InChI=1S/C14H13N3O5S/c1-23(21,22)7-16-8-2-3-11-10(6-8)9-4-5-15-12(9)13(18)17(11)14(19)20/h2-6,15-16H,7H2,1H3,(H,19,20). The van der Waals surface area contributed by atoms with E-state index in [1.807, 2.05) is 0 Å². The zero-order chi connectivity index (χ0) is 16.8. The monoisotopic (exact) mass is 335 g/mol. The van der Waals surface area contributed by atoms with Crippen molar-refractivity contribution >= 4 is 43.4 Å². The van der Waals surface area contributed by atoms with Crippen LogP contribution in [0.25, 0.3) is 21.8 Å². The number of H-pyrrole nitrogens is 1. The summed E-state index contributed by atoms with van der Waals surface area (Å²) in [5, 5.41) is 13.2. The summed E-state index contributed by atoms with van der Waals surface area (Å²) in [6.45, 7) is 0. The summed E-state index contributed by atoms with van der Waals surface area (Å²) < 4.78 is 23.1. The lowest BCUT2D eigenvalue weighted by atomic mass is 10.1. The van der Waals surface area contributed by atoms with Crippen LogP contribution < -0.4 is 10.9 Å². The molecule has 0 saturated carbocycles. The van der Waals surface area contributed by atoms with E-state index in [9.17, 15) is 23.1 Å². The van der Waals surface area contributed by atoms with E-state index in [2.05, 4.69) is 10.3 Å². The Labute approximate surface area is 130 Å². The van der Waals surface area contributed by atoms with Gasteiger partial charge >= 0.3 is 6.09 Å². The Balaban J connectivity index is 2.28. The lowest BCUT2D eigenvalue weighted by Crippen LogP contribution is -2.26. The maximum absolute atomic E-state index is 12.2. The SMILES string of the molecule is CS(=O)(=O)CNc1ccc2c(c1)c1cc[nH]c1c(=O)n2C(=O)O. The molecule has 0 fully saturated rings. The van der Waals surface area contributed by atoms with Crippen LogP contribution in [0, 0.1) is 0 Å². The average molecular weight is 335 g/mol. The maximum atomic E-state index is 12.2. The molecule has 8 nitrogen and oxygen atoms in total. The fourth-order valence-corrected chi connectivity index (χ4v) is 2.88. The van der Waals surface area contributed by atoms with Crippen molar-refractivity contribution in [2.45, 2.75) is 0 Å². The number of hydrogen-bond acceptors (Lipinski definition) is 5. The molecule has 0 atom stereocenters. The quantitative estimate of drug-likeness (QED) is 0.665. The van der Waals surface area contributed by atoms with Gasteiger partial charge in [0.05, 0.1) is 5.52 Å². The molecule has 23 heavy (non-hydrogen) atoms. The number of benzene rings is 1. The van der Waals surface area contributed by atoms with Crippen LogP contribution in [0.4, 0.5) is 10.5 Å². The Hall–Kier alpha value is -2.81. The van der Waals surface area contributed by atoms with Gasteiger partial charge in [0.1, 0.15) is 11.4 Å². The van der Waals surface area contributed by atoms with Crippen LogP contribution in [0.1, 0.15) is 0 Å². The number of fused-ring (bicyclic) bond motifs is 3. The number of aromatic nitrogens is 2. The number of aromatic amines is 1. The van der Waals surface area contributed by atoms with Crippen LogP contribution in [0.5, 0.6) is 0 Å². The Morgan fingerprint density at radius 2 is 2.04 bits per heavy atom. The van der Waals surface area contributed by atoms with Crippen LogP contribution in [0.15, 0.2) is 35.3 Å². The van der Waals surface area contributed by atoms with Crippen molar-refractivity contribution in [1.82, 2.24) is 9.55 Å². The van der Waals surface area contributed by atoms with Crippen LogP contribution in [-0.4, -0.2) is 41.3 Å². The molecule has 0 aliphatic heterocycles. The Morgan fingerprint density at radius 1 is 1.30 bits per heavy atom. The van der Waals surface area contributed by atoms with Gasteiger partial charge in [0.2, 0.25) is 0 Å². The molecule has 0 unspecified atom stereocenters. The molecule has 2 aromatic heterocycles. The van der Waals surface area contributed by atoms with E-state index in [0.717, 1.165) is 6.26 Å². The van der Waals surface area contributed by atoms with E-state index in [1.165, 1.54) is 12.1 Å². The number of nitrogens with one attached hydrogen (secondary N) is 2. The van der Waals surface area contributed by atoms with Crippen LogP contribution >= 0.6 is 0 Å². The summed E-state index contributed by atoms with van der Waals surface area (Å²) in [6.07, 6.45) is 1.27. The highest BCUT2D eigenvalue weighted by molar-refractivity contribution is 7.90. The van der Waals surface area contributed by atoms with Gasteiger partial charge in [-0.1, -0.05) is 0 Å². The molecular weight excluding hydrogens is 322 g/mol. The second-order valence-corrected chi connectivity index (χ2v) is 7.31. The Bertz CT molecular complexity index is 1090. The molecule has 2 heterocycles. The summed E-state index contributed by atoms with van der Waals surface area (Å²) in [7, 11) is -3.20. The molecule has 3 rings (SSSR count). The molecule has 0 aliphatic carbocycles. The number of rotatable bonds is 3. The largest absolute Gasteiger partial charge is 0.464 e. The number of pyridine rings is 1. The molecule has 1 aromatic carbocycles. The summed E-state index contributed by atoms with van der Waals surface area (Å²) in [5.74, 6) is -0.243. The van der Waals surface area contributed by atoms with Gasteiger partial charge in [-0.05, 0) is 24.3 Å². The van der Waals surface area contributed by atoms with E-state index >= 15 is 0 Å².